The molecule has 6 atom stereocenters. The van der Waals surface area contributed by atoms with Crippen molar-refractivity contribution in [3.63, 3.8) is 0 Å². The Hall–Kier alpha value is -0.120. The van der Waals surface area contributed by atoms with Crippen molar-refractivity contribution in [1.29, 1.82) is 0 Å². The van der Waals surface area contributed by atoms with E-state index in [1.54, 1.807) is 7.11 Å². The molecule has 0 amide bonds. The molecule has 3 nitrogen and oxygen atoms in total. The van der Waals surface area contributed by atoms with E-state index in [9.17, 15) is 5.11 Å². The van der Waals surface area contributed by atoms with Crippen LogP contribution < -0.4 is 5.73 Å². The van der Waals surface area contributed by atoms with Crippen LogP contribution in [0, 0.1) is 17.3 Å². The van der Waals surface area contributed by atoms with Crippen LogP contribution in [0.4, 0.5) is 0 Å². The van der Waals surface area contributed by atoms with Crippen molar-refractivity contribution in [2.24, 2.45) is 23.0 Å². The number of hydrogen-bond donors (Lipinski definition) is 2. The molecule has 1 spiro atoms. The van der Waals surface area contributed by atoms with Crippen LogP contribution in [-0.2, 0) is 4.74 Å². The summed E-state index contributed by atoms with van der Waals surface area (Å²) < 4.78 is 5.36. The average Bonchev–Trinajstić information content (AvgIpc) is 2.85. The molecular formula is C12H21NO2. The first kappa shape index (κ1) is 10.1. The molecule has 3 unspecified atom stereocenters. The Morgan fingerprint density at radius 3 is 2.67 bits per heavy atom. The van der Waals surface area contributed by atoms with Crippen molar-refractivity contribution in [1.82, 2.24) is 0 Å². The minimum atomic E-state index is -0.291. The highest BCUT2D eigenvalue weighted by atomic mass is 16.5. The smallest absolute Gasteiger partial charge is 0.0836 e. The molecule has 86 valence electrons. The predicted octanol–water partition coefficient (Wildman–Crippen LogP) is 0.900. The van der Waals surface area contributed by atoms with Gasteiger partial charge in [-0.25, -0.2) is 0 Å². The lowest BCUT2D eigenvalue weighted by Crippen LogP contribution is -2.45. The van der Waals surface area contributed by atoms with Crippen molar-refractivity contribution < 1.29 is 9.84 Å². The number of fused-ring (bicyclic) bond motifs is 3. The second-order valence-corrected chi connectivity index (χ2v) is 5.78. The summed E-state index contributed by atoms with van der Waals surface area (Å²) in [6.45, 7) is 0. The molecule has 0 heterocycles. The van der Waals surface area contributed by atoms with Gasteiger partial charge in [-0.15, -0.1) is 0 Å². The first-order chi connectivity index (χ1) is 7.17. The van der Waals surface area contributed by atoms with Crippen LogP contribution in [0.5, 0.6) is 0 Å². The minimum absolute atomic E-state index is 0.0235. The maximum atomic E-state index is 9.98. The number of aliphatic hydroxyl groups is 1. The van der Waals surface area contributed by atoms with Crippen molar-refractivity contribution in [2.45, 2.75) is 50.4 Å². The topological polar surface area (TPSA) is 55.5 Å². The third-order valence-electron chi connectivity index (χ3n) is 5.36. The van der Waals surface area contributed by atoms with E-state index in [0.29, 0.717) is 6.04 Å². The number of methoxy groups -OCH3 is 1. The van der Waals surface area contributed by atoms with Crippen molar-refractivity contribution in [3.05, 3.63) is 0 Å². The van der Waals surface area contributed by atoms with Gasteiger partial charge in [0.15, 0.2) is 0 Å². The molecule has 3 rings (SSSR count). The number of hydrogen-bond acceptors (Lipinski definition) is 3. The van der Waals surface area contributed by atoms with Crippen LogP contribution in [0.15, 0.2) is 0 Å². The zero-order valence-electron chi connectivity index (χ0n) is 9.36. The van der Waals surface area contributed by atoms with Gasteiger partial charge in [-0.1, -0.05) is 0 Å². The molecule has 15 heavy (non-hydrogen) atoms. The van der Waals surface area contributed by atoms with E-state index >= 15 is 0 Å². The summed E-state index contributed by atoms with van der Waals surface area (Å²) >= 11 is 0. The summed E-state index contributed by atoms with van der Waals surface area (Å²) in [4.78, 5) is 0. The molecule has 0 aromatic carbocycles. The second-order valence-electron chi connectivity index (χ2n) is 5.78. The van der Waals surface area contributed by atoms with E-state index in [-0.39, 0.29) is 17.6 Å². The molecule has 3 fully saturated rings. The highest BCUT2D eigenvalue weighted by Crippen LogP contribution is 2.62. The highest BCUT2D eigenvalue weighted by molar-refractivity contribution is 5.13. The maximum Gasteiger partial charge on any atom is 0.0836 e. The van der Waals surface area contributed by atoms with Gasteiger partial charge < -0.3 is 15.6 Å². The normalized spacial score (nSPS) is 58.2. The van der Waals surface area contributed by atoms with Gasteiger partial charge in [-0.05, 0) is 49.4 Å². The Kier molecular flexibility index (Phi) is 2.14. The monoisotopic (exact) mass is 211 g/mol. The quantitative estimate of drug-likeness (QED) is 0.677. The van der Waals surface area contributed by atoms with Crippen LogP contribution in [0.3, 0.4) is 0 Å². The van der Waals surface area contributed by atoms with Gasteiger partial charge in [-0.2, -0.15) is 0 Å². The Bertz CT molecular complexity index is 266. The van der Waals surface area contributed by atoms with Gasteiger partial charge in [0, 0.05) is 13.2 Å². The zero-order valence-corrected chi connectivity index (χ0v) is 9.36. The van der Waals surface area contributed by atoms with Crippen LogP contribution in [0.1, 0.15) is 32.1 Å². The number of nitrogens with two attached hydrogens (primary N) is 1. The second kappa shape index (κ2) is 3.19. The highest BCUT2D eigenvalue weighted by Gasteiger charge is 2.61. The summed E-state index contributed by atoms with van der Waals surface area (Å²) in [5.74, 6) is 1.48. The first-order valence-corrected chi connectivity index (χ1v) is 6.14. The van der Waals surface area contributed by atoms with E-state index in [0.717, 1.165) is 24.7 Å². The lowest BCUT2D eigenvalue weighted by Gasteiger charge is -2.39. The molecular weight excluding hydrogens is 190 g/mol. The summed E-state index contributed by atoms with van der Waals surface area (Å²) in [6, 6.07) is 0.311. The van der Waals surface area contributed by atoms with Gasteiger partial charge in [0.2, 0.25) is 0 Å². The van der Waals surface area contributed by atoms with Gasteiger partial charge in [0.25, 0.3) is 0 Å². The lowest BCUT2D eigenvalue weighted by atomic mass is 9.69. The number of ether oxygens (including phenoxy) is 1. The first-order valence-electron chi connectivity index (χ1n) is 6.14. The van der Waals surface area contributed by atoms with Crippen LogP contribution >= 0.6 is 0 Å². The molecule has 0 saturated heterocycles. The Labute approximate surface area is 91.0 Å². The number of aliphatic hydroxyl groups excluding tert-OH is 1. The standard InChI is InChI=1S/C12H21NO2/c1-15-10-6-12(5-9(10)14)8-3-2-7(4-8)11(12)13/h7-11,14H,2-6,13H2,1H3/t7?,8?,9-,10-,11+,12?/m1/s1. The summed E-state index contributed by atoms with van der Waals surface area (Å²) in [6.07, 6.45) is 5.50. The Morgan fingerprint density at radius 2 is 2.13 bits per heavy atom. The van der Waals surface area contributed by atoms with E-state index in [1.807, 2.05) is 0 Å². The number of rotatable bonds is 1. The molecule has 0 radical (unpaired) electrons. The van der Waals surface area contributed by atoms with E-state index in [4.69, 9.17) is 10.5 Å². The maximum absolute atomic E-state index is 9.98. The van der Waals surface area contributed by atoms with E-state index in [1.165, 1.54) is 19.3 Å². The molecule has 3 heteroatoms. The molecule has 3 saturated carbocycles. The fraction of sp³-hybridized carbons (Fsp3) is 1.00. The van der Waals surface area contributed by atoms with Gasteiger partial charge >= 0.3 is 0 Å². The van der Waals surface area contributed by atoms with Gasteiger partial charge in [0.05, 0.1) is 12.2 Å². The Balaban J connectivity index is 1.86. The third-order valence-corrected chi connectivity index (χ3v) is 5.36. The molecule has 0 aliphatic heterocycles. The molecule has 3 N–H and O–H groups in total. The van der Waals surface area contributed by atoms with Gasteiger partial charge in [0.1, 0.15) is 0 Å². The fourth-order valence-corrected chi connectivity index (χ4v) is 4.57. The van der Waals surface area contributed by atoms with E-state index in [2.05, 4.69) is 0 Å². The zero-order chi connectivity index (χ0) is 10.6. The predicted molar refractivity (Wildman–Crippen MR) is 57.3 cm³/mol. The molecule has 2 bridgehead atoms. The van der Waals surface area contributed by atoms with Crippen molar-refractivity contribution in [3.8, 4) is 0 Å². The van der Waals surface area contributed by atoms with Crippen LogP contribution in [-0.4, -0.2) is 30.5 Å². The summed E-state index contributed by atoms with van der Waals surface area (Å²) in [7, 11) is 1.70. The summed E-state index contributed by atoms with van der Waals surface area (Å²) in [5.41, 5.74) is 6.58. The molecule has 3 aliphatic carbocycles. The average molecular weight is 211 g/mol. The van der Waals surface area contributed by atoms with E-state index < -0.39 is 0 Å². The SMILES string of the molecule is CO[C@@H]1CC2(C[C@H]1O)C1CCC(C1)[C@@H]2N. The van der Waals surface area contributed by atoms with Crippen LogP contribution in [0.25, 0.3) is 0 Å². The Morgan fingerprint density at radius 1 is 1.33 bits per heavy atom. The van der Waals surface area contributed by atoms with Crippen molar-refractivity contribution in [2.75, 3.05) is 7.11 Å². The van der Waals surface area contributed by atoms with Crippen molar-refractivity contribution >= 4 is 0 Å². The summed E-state index contributed by atoms with van der Waals surface area (Å²) in [5, 5.41) is 9.98. The van der Waals surface area contributed by atoms with Gasteiger partial charge in [-0.3, -0.25) is 0 Å². The van der Waals surface area contributed by atoms with Crippen LogP contribution in [0.2, 0.25) is 0 Å². The molecule has 3 aliphatic rings. The lowest BCUT2D eigenvalue weighted by molar-refractivity contribution is 0.00927. The molecule has 0 aromatic rings. The fourth-order valence-electron chi connectivity index (χ4n) is 4.57. The minimum Gasteiger partial charge on any atom is -0.390 e. The third kappa shape index (κ3) is 1.17. The molecule has 0 aromatic heterocycles. The largest absolute Gasteiger partial charge is 0.390 e.